The summed E-state index contributed by atoms with van der Waals surface area (Å²) in [5.74, 6) is 0.476. The van der Waals surface area contributed by atoms with Gasteiger partial charge in [-0.2, -0.15) is 4.98 Å². The molecule has 2 aromatic heterocycles. The number of hydrogen-bond donors (Lipinski definition) is 2. The summed E-state index contributed by atoms with van der Waals surface area (Å²) in [5.41, 5.74) is 1.42. The summed E-state index contributed by atoms with van der Waals surface area (Å²) >= 11 is 6.18. The molecule has 2 heterocycles. The largest absolute Gasteiger partial charge is 0.351 e. The summed E-state index contributed by atoms with van der Waals surface area (Å²) in [6, 6.07) is 7.47. The van der Waals surface area contributed by atoms with Crippen molar-refractivity contribution in [1.29, 1.82) is 0 Å². The number of H-pyrrole nitrogens is 1. The summed E-state index contributed by atoms with van der Waals surface area (Å²) in [7, 11) is 1.57. The highest BCUT2D eigenvalue weighted by molar-refractivity contribution is 6.31. The van der Waals surface area contributed by atoms with Gasteiger partial charge in [0, 0.05) is 25.2 Å². The lowest BCUT2D eigenvalue weighted by molar-refractivity contribution is 0.797. The van der Waals surface area contributed by atoms with E-state index in [0.717, 1.165) is 11.1 Å². The zero-order valence-electron chi connectivity index (χ0n) is 14.0. The Kier molecular flexibility index (Phi) is 4.50. The van der Waals surface area contributed by atoms with E-state index in [0.29, 0.717) is 35.2 Å². The van der Waals surface area contributed by atoms with Crippen molar-refractivity contribution in [3.63, 3.8) is 0 Å². The number of benzene rings is 1. The van der Waals surface area contributed by atoms with Gasteiger partial charge in [0.15, 0.2) is 11.2 Å². The van der Waals surface area contributed by atoms with E-state index in [9.17, 15) is 9.59 Å². The topological polar surface area (TPSA) is 84.7 Å². The summed E-state index contributed by atoms with van der Waals surface area (Å²) < 4.78 is 3.03. The average molecular weight is 360 g/mol. The van der Waals surface area contributed by atoms with Crippen LogP contribution in [0.25, 0.3) is 11.2 Å². The minimum atomic E-state index is -0.505. The molecule has 0 saturated heterocycles. The first-order chi connectivity index (χ1) is 11.9. The molecule has 0 aliphatic carbocycles. The van der Waals surface area contributed by atoms with Gasteiger partial charge in [0.2, 0.25) is 5.95 Å². The molecule has 25 heavy (non-hydrogen) atoms. The molecule has 0 unspecified atom stereocenters. The van der Waals surface area contributed by atoms with Gasteiger partial charge in [-0.05, 0) is 18.6 Å². The zero-order valence-corrected chi connectivity index (χ0v) is 14.7. The predicted molar refractivity (Wildman–Crippen MR) is 99.2 cm³/mol. The van der Waals surface area contributed by atoms with E-state index in [1.165, 1.54) is 4.57 Å². The van der Waals surface area contributed by atoms with Crippen molar-refractivity contribution in [2.24, 2.45) is 7.05 Å². The lowest BCUT2D eigenvalue weighted by atomic mass is 10.2. The van der Waals surface area contributed by atoms with Crippen molar-refractivity contribution in [1.82, 2.24) is 19.1 Å². The molecule has 1 aromatic carbocycles. The van der Waals surface area contributed by atoms with Crippen LogP contribution in [-0.4, -0.2) is 19.1 Å². The third kappa shape index (κ3) is 3.23. The average Bonchev–Trinajstić information content (AvgIpc) is 2.90. The van der Waals surface area contributed by atoms with Gasteiger partial charge in [-0.1, -0.05) is 42.0 Å². The molecule has 0 radical (unpaired) electrons. The molecule has 0 atom stereocenters. The summed E-state index contributed by atoms with van der Waals surface area (Å²) in [6.45, 7) is 6.60. The first-order valence-corrected chi connectivity index (χ1v) is 8.07. The molecular weight excluding hydrogens is 342 g/mol. The fraction of sp³-hybridized carbons (Fsp3) is 0.235. The van der Waals surface area contributed by atoms with Gasteiger partial charge in [-0.3, -0.25) is 14.3 Å². The highest BCUT2D eigenvalue weighted by Crippen LogP contribution is 2.20. The monoisotopic (exact) mass is 359 g/mol. The Morgan fingerprint density at radius 1 is 1.36 bits per heavy atom. The van der Waals surface area contributed by atoms with Crippen LogP contribution in [0.3, 0.4) is 0 Å². The smallest absolute Gasteiger partial charge is 0.329 e. The normalized spacial score (nSPS) is 11.0. The van der Waals surface area contributed by atoms with Crippen LogP contribution < -0.4 is 16.6 Å². The Balaban J connectivity index is 2.10. The van der Waals surface area contributed by atoms with E-state index in [4.69, 9.17) is 11.6 Å². The number of imidazole rings is 1. The number of hydrogen-bond acceptors (Lipinski definition) is 4. The number of halogens is 1. The fourth-order valence-corrected chi connectivity index (χ4v) is 2.81. The minimum absolute atomic E-state index is 0.316. The van der Waals surface area contributed by atoms with E-state index in [1.54, 1.807) is 11.6 Å². The first-order valence-electron chi connectivity index (χ1n) is 7.69. The van der Waals surface area contributed by atoms with E-state index in [-0.39, 0.29) is 0 Å². The number of aromatic amines is 1. The lowest BCUT2D eigenvalue weighted by Gasteiger charge is -2.11. The van der Waals surface area contributed by atoms with E-state index in [1.807, 2.05) is 31.2 Å². The molecule has 0 amide bonds. The van der Waals surface area contributed by atoms with Crippen molar-refractivity contribution in [3.8, 4) is 0 Å². The van der Waals surface area contributed by atoms with Crippen LogP contribution in [0.2, 0.25) is 5.02 Å². The number of aromatic nitrogens is 4. The zero-order chi connectivity index (χ0) is 18.1. The van der Waals surface area contributed by atoms with E-state index < -0.39 is 11.2 Å². The van der Waals surface area contributed by atoms with E-state index in [2.05, 4.69) is 21.9 Å². The van der Waals surface area contributed by atoms with Crippen LogP contribution in [0.4, 0.5) is 5.95 Å². The molecule has 8 heteroatoms. The van der Waals surface area contributed by atoms with Crippen molar-refractivity contribution < 1.29 is 0 Å². The van der Waals surface area contributed by atoms with Crippen LogP contribution in [0.1, 0.15) is 12.5 Å². The van der Waals surface area contributed by atoms with Gasteiger partial charge in [0.1, 0.15) is 0 Å². The third-order valence-corrected chi connectivity index (χ3v) is 4.20. The number of aryl methyl sites for hydroxylation is 1. The second-order valence-corrected chi connectivity index (χ2v) is 6.32. The number of nitrogens with one attached hydrogen (secondary N) is 2. The molecular formula is C17H18ClN5O2. The fourth-order valence-electron chi connectivity index (χ4n) is 2.61. The predicted octanol–water partition coefficient (Wildman–Crippen LogP) is 2.26. The number of nitrogens with zero attached hydrogens (tertiary/aromatic N) is 3. The number of anilines is 1. The first kappa shape index (κ1) is 17.0. The number of rotatable bonds is 5. The van der Waals surface area contributed by atoms with Crippen LogP contribution in [0, 0.1) is 0 Å². The molecule has 0 fully saturated rings. The summed E-state index contributed by atoms with van der Waals surface area (Å²) in [5, 5.41) is 3.84. The molecule has 0 aliphatic rings. The highest BCUT2D eigenvalue weighted by atomic mass is 35.5. The van der Waals surface area contributed by atoms with Crippen LogP contribution in [0.15, 0.2) is 46.0 Å². The molecule has 0 bridgehead atoms. The van der Waals surface area contributed by atoms with Gasteiger partial charge in [0.25, 0.3) is 5.56 Å². The van der Waals surface area contributed by atoms with Crippen LogP contribution in [0.5, 0.6) is 0 Å². The summed E-state index contributed by atoms with van der Waals surface area (Å²) in [6.07, 6.45) is 0. The maximum atomic E-state index is 12.3. The maximum absolute atomic E-state index is 12.3. The third-order valence-electron chi connectivity index (χ3n) is 3.83. The molecule has 3 rings (SSSR count). The van der Waals surface area contributed by atoms with Gasteiger partial charge < -0.3 is 9.88 Å². The molecule has 0 spiro atoms. The molecule has 7 nitrogen and oxygen atoms in total. The summed E-state index contributed by atoms with van der Waals surface area (Å²) in [4.78, 5) is 30.9. The highest BCUT2D eigenvalue weighted by Gasteiger charge is 2.17. The number of fused-ring (bicyclic) bond motifs is 1. The molecule has 2 N–H and O–H groups in total. The van der Waals surface area contributed by atoms with Crippen LogP contribution in [-0.2, 0) is 20.1 Å². The second kappa shape index (κ2) is 6.60. The van der Waals surface area contributed by atoms with Gasteiger partial charge in [-0.25, -0.2) is 4.79 Å². The SMILES string of the molecule is C=C(C)Cn1c(NCc2ccccc2Cl)nc2c1c(=O)[nH]c(=O)n2C. The molecule has 0 saturated carbocycles. The maximum Gasteiger partial charge on any atom is 0.329 e. The Morgan fingerprint density at radius 2 is 2.08 bits per heavy atom. The minimum Gasteiger partial charge on any atom is -0.351 e. The van der Waals surface area contributed by atoms with Gasteiger partial charge in [-0.15, -0.1) is 0 Å². The van der Waals surface area contributed by atoms with Crippen molar-refractivity contribution in [2.75, 3.05) is 5.32 Å². The van der Waals surface area contributed by atoms with Crippen molar-refractivity contribution in [3.05, 3.63) is 67.8 Å². The second-order valence-electron chi connectivity index (χ2n) is 5.91. The Labute approximate surface area is 148 Å². The van der Waals surface area contributed by atoms with E-state index >= 15 is 0 Å². The van der Waals surface area contributed by atoms with Crippen molar-refractivity contribution >= 4 is 28.7 Å². The van der Waals surface area contributed by atoms with Crippen molar-refractivity contribution in [2.45, 2.75) is 20.0 Å². The quantitative estimate of drug-likeness (QED) is 0.684. The lowest BCUT2D eigenvalue weighted by Crippen LogP contribution is -2.29. The molecule has 3 aromatic rings. The van der Waals surface area contributed by atoms with Gasteiger partial charge >= 0.3 is 5.69 Å². The Bertz CT molecular complexity index is 1080. The molecule has 0 aliphatic heterocycles. The van der Waals surface area contributed by atoms with Gasteiger partial charge in [0.05, 0.1) is 0 Å². The number of allylic oxidation sites excluding steroid dienone is 1. The van der Waals surface area contributed by atoms with Crippen LogP contribution >= 0.6 is 11.6 Å². The Hall–Kier alpha value is -2.80. The standard InChI is InChI=1S/C17H18ClN5O2/c1-10(2)9-23-13-14(22(3)17(25)21-15(13)24)20-16(23)19-8-11-6-4-5-7-12(11)18/h4-7H,1,8-9H2,2-3H3,(H,19,20)(H,21,24,25). The molecule has 130 valence electrons. The Morgan fingerprint density at radius 3 is 2.76 bits per heavy atom.